The molecule has 0 aliphatic heterocycles. The number of fused-ring (bicyclic) bond motifs is 6. The molecule has 4 rings (SSSR count). The number of ether oxygens (including phenoxy) is 1. The van der Waals surface area contributed by atoms with E-state index in [0.717, 1.165) is 12.0 Å². The molecule has 3 aliphatic carbocycles. The summed E-state index contributed by atoms with van der Waals surface area (Å²) < 4.78 is 4.72. The lowest BCUT2D eigenvalue weighted by atomic mass is 9.49. The fourth-order valence-electron chi connectivity index (χ4n) is 5.68. The number of carbonyl (C=O) groups is 3. The molecule has 0 saturated heterocycles. The van der Waals surface area contributed by atoms with Crippen LogP contribution in [0.4, 0.5) is 0 Å². The first-order chi connectivity index (χ1) is 13.4. The molecule has 4 nitrogen and oxygen atoms in total. The van der Waals surface area contributed by atoms with E-state index in [1.165, 1.54) is 7.11 Å². The summed E-state index contributed by atoms with van der Waals surface area (Å²) in [5, 5.41) is 0. The van der Waals surface area contributed by atoms with Crippen molar-refractivity contribution < 1.29 is 19.1 Å². The van der Waals surface area contributed by atoms with Crippen molar-refractivity contribution in [2.24, 2.45) is 22.7 Å². The van der Waals surface area contributed by atoms with E-state index >= 15 is 0 Å². The highest BCUT2D eigenvalue weighted by Gasteiger charge is 2.71. The first-order valence-electron chi connectivity index (χ1n) is 9.95. The number of allylic oxidation sites excluding steroid dienone is 4. The average molecular weight is 378 g/mol. The summed E-state index contributed by atoms with van der Waals surface area (Å²) in [6.45, 7) is 3.97. The van der Waals surface area contributed by atoms with Gasteiger partial charge in [-0.25, -0.2) is 0 Å². The summed E-state index contributed by atoms with van der Waals surface area (Å²) in [4.78, 5) is 38.8. The first kappa shape index (κ1) is 18.9. The Morgan fingerprint density at radius 3 is 2.43 bits per heavy atom. The maximum absolute atomic E-state index is 13.8. The smallest absolute Gasteiger partial charge is 0.305 e. The molecule has 146 valence electrons. The van der Waals surface area contributed by atoms with E-state index in [0.29, 0.717) is 30.4 Å². The van der Waals surface area contributed by atoms with Crippen molar-refractivity contribution in [2.75, 3.05) is 7.11 Å². The minimum absolute atomic E-state index is 0.0805. The maximum Gasteiger partial charge on any atom is 0.305 e. The van der Waals surface area contributed by atoms with Crippen molar-refractivity contribution in [3.8, 4) is 0 Å². The third-order valence-corrected chi connectivity index (χ3v) is 7.40. The number of carbonyl (C=O) groups excluding carboxylic acids is 3. The van der Waals surface area contributed by atoms with Gasteiger partial charge >= 0.3 is 5.97 Å². The molecule has 4 atom stereocenters. The Bertz CT molecular complexity index is 924. The number of hydrogen-bond acceptors (Lipinski definition) is 4. The lowest BCUT2D eigenvalue weighted by Crippen LogP contribution is -2.56. The summed E-state index contributed by atoms with van der Waals surface area (Å²) in [6.07, 6.45) is 8.65. The van der Waals surface area contributed by atoms with Crippen LogP contribution in [-0.2, 0) is 9.53 Å². The Kier molecular flexibility index (Phi) is 4.40. The lowest BCUT2D eigenvalue weighted by molar-refractivity contribution is -0.140. The van der Waals surface area contributed by atoms with Crippen molar-refractivity contribution in [1.82, 2.24) is 0 Å². The predicted octanol–water partition coefficient (Wildman–Crippen LogP) is 4.55. The third-order valence-electron chi connectivity index (χ3n) is 7.40. The normalized spacial score (nSPS) is 33.0. The largest absolute Gasteiger partial charge is 0.469 e. The van der Waals surface area contributed by atoms with Gasteiger partial charge in [-0.3, -0.25) is 14.4 Å². The molecule has 2 bridgehead atoms. The zero-order valence-corrected chi connectivity index (χ0v) is 16.7. The molecule has 0 aromatic heterocycles. The van der Waals surface area contributed by atoms with Crippen LogP contribution in [0, 0.1) is 22.7 Å². The number of benzene rings is 1. The van der Waals surface area contributed by atoms with E-state index in [1.54, 1.807) is 12.1 Å². The summed E-state index contributed by atoms with van der Waals surface area (Å²) in [7, 11) is 1.39. The zero-order valence-electron chi connectivity index (χ0n) is 16.7. The highest BCUT2D eigenvalue weighted by Crippen LogP contribution is 2.69. The molecular formula is C24H26O4. The summed E-state index contributed by atoms with van der Waals surface area (Å²) >= 11 is 0. The third kappa shape index (κ3) is 2.33. The van der Waals surface area contributed by atoms with Crippen LogP contribution in [0.3, 0.4) is 0 Å². The van der Waals surface area contributed by atoms with Crippen LogP contribution in [0.5, 0.6) is 0 Å². The van der Waals surface area contributed by atoms with Gasteiger partial charge in [0.15, 0.2) is 11.6 Å². The molecule has 1 saturated carbocycles. The molecule has 0 unspecified atom stereocenters. The maximum atomic E-state index is 13.8. The fourth-order valence-corrected chi connectivity index (χ4v) is 5.68. The van der Waals surface area contributed by atoms with E-state index in [1.807, 2.05) is 26.0 Å². The number of rotatable bonds is 5. The fraction of sp³-hybridized carbons (Fsp3) is 0.458. The second kappa shape index (κ2) is 6.54. The van der Waals surface area contributed by atoms with Crippen molar-refractivity contribution in [3.63, 3.8) is 0 Å². The van der Waals surface area contributed by atoms with Crippen LogP contribution < -0.4 is 0 Å². The Labute approximate surface area is 165 Å². The van der Waals surface area contributed by atoms with Crippen molar-refractivity contribution >= 4 is 17.5 Å². The molecular weight excluding hydrogens is 352 g/mol. The van der Waals surface area contributed by atoms with Gasteiger partial charge in [0.05, 0.1) is 17.9 Å². The molecule has 1 aromatic carbocycles. The van der Waals surface area contributed by atoms with Crippen LogP contribution in [0.2, 0.25) is 0 Å². The monoisotopic (exact) mass is 378 g/mol. The number of ketones is 2. The summed E-state index contributed by atoms with van der Waals surface area (Å²) in [5.74, 6) is 0.138. The average Bonchev–Trinajstić information content (AvgIpc) is 3.29. The Balaban J connectivity index is 1.75. The Hall–Kier alpha value is -2.49. The molecule has 0 spiro atoms. The van der Waals surface area contributed by atoms with Gasteiger partial charge in [-0.05, 0) is 38.0 Å². The standard InChI is InChI=1S/C24H26O4/c1-15(8-11-20(25)28-3)12-13-24-17-10-9-16(14-17)23(24,2)21(26)18-6-4-5-7-19(18)22(24)27/h4-7,9-10,12,16-17H,8,11,13-14H2,1-3H3/b15-12+/t16-,17+,23+,24-/m1/s1. The SMILES string of the molecule is COC(=O)CC/C(C)=C/C[C@@]12C(=O)c3ccccc3C(=O)[C@]1(C)[C@@H]1C=C[C@H]2C1. The second-order valence-corrected chi connectivity index (χ2v) is 8.54. The van der Waals surface area contributed by atoms with Gasteiger partial charge in [0.1, 0.15) is 0 Å². The minimum Gasteiger partial charge on any atom is -0.469 e. The molecule has 1 aromatic rings. The van der Waals surface area contributed by atoms with Gasteiger partial charge in [0.2, 0.25) is 0 Å². The van der Waals surface area contributed by atoms with E-state index in [2.05, 4.69) is 18.2 Å². The highest BCUT2D eigenvalue weighted by molar-refractivity contribution is 6.20. The molecule has 28 heavy (non-hydrogen) atoms. The van der Waals surface area contributed by atoms with Gasteiger partial charge in [0.25, 0.3) is 0 Å². The predicted molar refractivity (Wildman–Crippen MR) is 106 cm³/mol. The minimum atomic E-state index is -0.732. The molecule has 4 heteroatoms. The zero-order chi connectivity index (χ0) is 20.1. The number of Topliss-reactive ketones (excluding diaryl/α,β-unsaturated/α-hetero) is 2. The Morgan fingerprint density at radius 1 is 1.11 bits per heavy atom. The molecule has 1 fully saturated rings. The molecule has 0 radical (unpaired) electrons. The lowest BCUT2D eigenvalue weighted by Gasteiger charge is -2.50. The van der Waals surface area contributed by atoms with Gasteiger partial charge in [-0.15, -0.1) is 0 Å². The second-order valence-electron chi connectivity index (χ2n) is 8.54. The Morgan fingerprint density at radius 2 is 1.75 bits per heavy atom. The number of esters is 1. The van der Waals surface area contributed by atoms with Gasteiger partial charge in [0, 0.05) is 17.5 Å². The topological polar surface area (TPSA) is 60.4 Å². The van der Waals surface area contributed by atoms with E-state index in [9.17, 15) is 14.4 Å². The van der Waals surface area contributed by atoms with Crippen LogP contribution in [0.15, 0.2) is 48.1 Å². The van der Waals surface area contributed by atoms with E-state index in [-0.39, 0.29) is 29.4 Å². The van der Waals surface area contributed by atoms with Gasteiger partial charge in [-0.1, -0.05) is 55.0 Å². The van der Waals surface area contributed by atoms with Crippen molar-refractivity contribution in [2.45, 2.75) is 39.5 Å². The summed E-state index contributed by atoms with van der Waals surface area (Å²) in [6, 6.07) is 7.25. The van der Waals surface area contributed by atoms with Crippen molar-refractivity contribution in [3.05, 3.63) is 59.2 Å². The number of methoxy groups -OCH3 is 1. The van der Waals surface area contributed by atoms with Gasteiger partial charge in [-0.2, -0.15) is 0 Å². The molecule has 0 N–H and O–H groups in total. The highest BCUT2D eigenvalue weighted by atomic mass is 16.5. The van der Waals surface area contributed by atoms with Gasteiger partial charge < -0.3 is 4.74 Å². The van der Waals surface area contributed by atoms with Crippen molar-refractivity contribution in [1.29, 1.82) is 0 Å². The quantitative estimate of drug-likeness (QED) is 0.557. The van der Waals surface area contributed by atoms with Crippen LogP contribution >= 0.6 is 0 Å². The molecule has 3 aliphatic rings. The number of hydrogen-bond donors (Lipinski definition) is 0. The summed E-state index contributed by atoms with van der Waals surface area (Å²) in [5.41, 5.74) is 0.735. The molecule has 0 amide bonds. The van der Waals surface area contributed by atoms with Crippen LogP contribution in [0.25, 0.3) is 0 Å². The van der Waals surface area contributed by atoms with Crippen LogP contribution in [0.1, 0.15) is 60.2 Å². The first-order valence-corrected chi connectivity index (χ1v) is 9.95. The molecule has 0 heterocycles. The van der Waals surface area contributed by atoms with Crippen LogP contribution in [-0.4, -0.2) is 24.6 Å². The van der Waals surface area contributed by atoms with E-state index in [4.69, 9.17) is 4.74 Å². The van der Waals surface area contributed by atoms with E-state index < -0.39 is 10.8 Å².